The third-order valence-corrected chi connectivity index (χ3v) is 3.46. The molecule has 0 bridgehead atoms. The number of aryl methyl sites for hydroxylation is 1. The molecule has 20 heavy (non-hydrogen) atoms. The molecule has 104 valence electrons. The number of nitrogens with two attached hydrogens (primary N) is 1. The minimum absolute atomic E-state index is 0.0790. The molecule has 0 aliphatic carbocycles. The molecule has 0 saturated carbocycles. The molecule has 0 radical (unpaired) electrons. The van der Waals surface area contributed by atoms with E-state index in [1.54, 1.807) is 6.07 Å². The number of halogens is 1. The van der Waals surface area contributed by atoms with Gasteiger partial charge in [-0.1, -0.05) is 18.2 Å². The van der Waals surface area contributed by atoms with Gasteiger partial charge in [0.05, 0.1) is 0 Å². The normalized spacial score (nSPS) is 16.6. The highest BCUT2D eigenvalue weighted by Gasteiger charge is 2.23. The van der Waals surface area contributed by atoms with E-state index in [1.807, 2.05) is 31.2 Å². The Hall–Kier alpha value is -2.23. The lowest BCUT2D eigenvalue weighted by molar-refractivity contribution is 0.145. The number of anilines is 1. The zero-order chi connectivity index (χ0) is 14.1. The Morgan fingerprint density at radius 1 is 1.35 bits per heavy atom. The fourth-order valence-corrected chi connectivity index (χ4v) is 2.31. The number of benzene rings is 2. The van der Waals surface area contributed by atoms with Crippen molar-refractivity contribution < 1.29 is 13.9 Å². The monoisotopic (exact) mass is 273 g/mol. The summed E-state index contributed by atoms with van der Waals surface area (Å²) in [4.78, 5) is 0. The number of rotatable bonds is 3. The van der Waals surface area contributed by atoms with Crippen molar-refractivity contribution in [2.75, 3.05) is 12.3 Å². The maximum Gasteiger partial charge on any atom is 0.167 e. The van der Waals surface area contributed by atoms with E-state index in [0.717, 1.165) is 23.3 Å². The van der Waals surface area contributed by atoms with Gasteiger partial charge in [0.2, 0.25) is 0 Å². The van der Waals surface area contributed by atoms with Crippen molar-refractivity contribution in [3.05, 3.63) is 53.3 Å². The highest BCUT2D eigenvalue weighted by Crippen LogP contribution is 2.29. The first-order chi connectivity index (χ1) is 9.63. The molecule has 0 fully saturated rings. The molecule has 1 heterocycles. The van der Waals surface area contributed by atoms with Crippen LogP contribution >= 0.6 is 0 Å². The molecule has 1 unspecified atom stereocenters. The zero-order valence-electron chi connectivity index (χ0n) is 11.2. The second-order valence-corrected chi connectivity index (χ2v) is 5.00. The van der Waals surface area contributed by atoms with Crippen LogP contribution < -0.4 is 15.2 Å². The Labute approximate surface area is 117 Å². The van der Waals surface area contributed by atoms with Crippen LogP contribution in [0.1, 0.15) is 11.1 Å². The first-order valence-electron chi connectivity index (χ1n) is 6.56. The number of ether oxygens (including phenoxy) is 2. The lowest BCUT2D eigenvalue weighted by Gasteiger charge is -2.14. The molecule has 0 amide bonds. The molecular weight excluding hydrogens is 257 g/mol. The van der Waals surface area contributed by atoms with Gasteiger partial charge in [0.15, 0.2) is 11.6 Å². The van der Waals surface area contributed by atoms with Gasteiger partial charge in [-0.25, -0.2) is 4.39 Å². The Morgan fingerprint density at radius 3 is 2.95 bits per heavy atom. The molecule has 2 aromatic rings. The van der Waals surface area contributed by atoms with E-state index in [-0.39, 0.29) is 11.9 Å². The molecule has 2 N–H and O–H groups in total. The predicted octanol–water partition coefficient (Wildman–Crippen LogP) is 3.10. The number of para-hydroxylation sites is 1. The molecule has 0 saturated heterocycles. The maximum absolute atomic E-state index is 13.7. The first-order valence-corrected chi connectivity index (χ1v) is 6.56. The molecule has 0 spiro atoms. The van der Waals surface area contributed by atoms with E-state index in [9.17, 15) is 4.39 Å². The summed E-state index contributed by atoms with van der Waals surface area (Å²) in [6.45, 7) is 2.14. The highest BCUT2D eigenvalue weighted by molar-refractivity contribution is 5.50. The van der Waals surface area contributed by atoms with Gasteiger partial charge in [-0.05, 0) is 30.2 Å². The van der Waals surface area contributed by atoms with Crippen molar-refractivity contribution in [1.29, 1.82) is 0 Å². The summed E-state index contributed by atoms with van der Waals surface area (Å²) in [5, 5.41) is 0. The summed E-state index contributed by atoms with van der Waals surface area (Å²) >= 11 is 0. The SMILES string of the molecule is Cc1cc(OCC2Cc3ccccc3O2)c(F)cc1N. The van der Waals surface area contributed by atoms with E-state index in [1.165, 1.54) is 6.07 Å². The van der Waals surface area contributed by atoms with Crippen LogP contribution in [-0.4, -0.2) is 12.7 Å². The van der Waals surface area contributed by atoms with Gasteiger partial charge in [0.1, 0.15) is 18.5 Å². The Balaban J connectivity index is 1.66. The fourth-order valence-electron chi connectivity index (χ4n) is 2.31. The van der Waals surface area contributed by atoms with Crippen molar-refractivity contribution in [1.82, 2.24) is 0 Å². The minimum atomic E-state index is -0.441. The molecule has 0 aromatic heterocycles. The number of hydrogen-bond acceptors (Lipinski definition) is 3. The first kappa shape index (κ1) is 12.8. The van der Waals surface area contributed by atoms with Gasteiger partial charge >= 0.3 is 0 Å². The van der Waals surface area contributed by atoms with Gasteiger partial charge in [0.25, 0.3) is 0 Å². The second kappa shape index (κ2) is 5.04. The molecule has 2 aromatic carbocycles. The molecule has 1 aliphatic heterocycles. The quantitative estimate of drug-likeness (QED) is 0.874. The smallest absolute Gasteiger partial charge is 0.167 e. The van der Waals surface area contributed by atoms with E-state index < -0.39 is 5.82 Å². The van der Waals surface area contributed by atoms with Gasteiger partial charge in [0, 0.05) is 18.2 Å². The molecule has 3 nitrogen and oxygen atoms in total. The average molecular weight is 273 g/mol. The van der Waals surface area contributed by atoms with E-state index in [2.05, 4.69) is 0 Å². The van der Waals surface area contributed by atoms with Gasteiger partial charge in [-0.2, -0.15) is 0 Å². The van der Waals surface area contributed by atoms with Crippen molar-refractivity contribution in [3.63, 3.8) is 0 Å². The molecule has 4 heteroatoms. The molecule has 3 rings (SSSR count). The minimum Gasteiger partial charge on any atom is -0.487 e. The van der Waals surface area contributed by atoms with Crippen LogP contribution in [0.5, 0.6) is 11.5 Å². The zero-order valence-corrected chi connectivity index (χ0v) is 11.2. The van der Waals surface area contributed by atoms with Gasteiger partial charge in [-0.15, -0.1) is 0 Å². The largest absolute Gasteiger partial charge is 0.487 e. The van der Waals surface area contributed by atoms with E-state index in [4.69, 9.17) is 15.2 Å². The maximum atomic E-state index is 13.7. The number of hydrogen-bond donors (Lipinski definition) is 1. The third kappa shape index (κ3) is 2.41. The predicted molar refractivity (Wildman–Crippen MR) is 75.6 cm³/mol. The molecule has 1 atom stereocenters. The van der Waals surface area contributed by atoms with Gasteiger partial charge in [-0.3, -0.25) is 0 Å². The van der Waals surface area contributed by atoms with Crippen molar-refractivity contribution in [3.8, 4) is 11.5 Å². The van der Waals surface area contributed by atoms with Crippen molar-refractivity contribution in [2.45, 2.75) is 19.4 Å². The summed E-state index contributed by atoms with van der Waals surface area (Å²) in [5.41, 5.74) is 8.04. The van der Waals surface area contributed by atoms with Crippen LogP contribution in [-0.2, 0) is 6.42 Å². The summed E-state index contributed by atoms with van der Waals surface area (Å²) < 4.78 is 25.0. The van der Waals surface area contributed by atoms with Crippen LogP contribution in [0.3, 0.4) is 0 Å². The van der Waals surface area contributed by atoms with Crippen LogP contribution in [0.4, 0.5) is 10.1 Å². The van der Waals surface area contributed by atoms with Crippen LogP contribution in [0.15, 0.2) is 36.4 Å². The average Bonchev–Trinajstić information content (AvgIpc) is 2.84. The molecule has 1 aliphatic rings. The van der Waals surface area contributed by atoms with E-state index in [0.29, 0.717) is 12.3 Å². The van der Waals surface area contributed by atoms with E-state index >= 15 is 0 Å². The summed E-state index contributed by atoms with van der Waals surface area (Å²) in [5.74, 6) is 0.662. The Kier molecular flexibility index (Phi) is 3.22. The lowest BCUT2D eigenvalue weighted by atomic mass is 10.1. The second-order valence-electron chi connectivity index (χ2n) is 5.00. The third-order valence-electron chi connectivity index (χ3n) is 3.46. The fraction of sp³-hybridized carbons (Fsp3) is 0.250. The summed E-state index contributed by atoms with van der Waals surface area (Å²) in [6, 6.07) is 10.8. The number of nitrogen functional groups attached to an aromatic ring is 1. The Morgan fingerprint density at radius 2 is 2.15 bits per heavy atom. The van der Waals surface area contributed by atoms with Crippen molar-refractivity contribution in [2.24, 2.45) is 0 Å². The van der Waals surface area contributed by atoms with Gasteiger partial charge < -0.3 is 15.2 Å². The summed E-state index contributed by atoms with van der Waals surface area (Å²) in [6.07, 6.45) is 0.704. The lowest BCUT2D eigenvalue weighted by Crippen LogP contribution is -2.22. The Bertz CT molecular complexity index is 617. The summed E-state index contributed by atoms with van der Waals surface area (Å²) in [7, 11) is 0. The van der Waals surface area contributed by atoms with Crippen LogP contribution in [0, 0.1) is 12.7 Å². The topological polar surface area (TPSA) is 44.5 Å². The highest BCUT2D eigenvalue weighted by atomic mass is 19.1. The van der Waals surface area contributed by atoms with Crippen LogP contribution in [0.25, 0.3) is 0 Å². The number of fused-ring (bicyclic) bond motifs is 1. The molecular formula is C16H16FNO2. The van der Waals surface area contributed by atoms with Crippen molar-refractivity contribution >= 4 is 5.69 Å². The standard InChI is InChI=1S/C16H16FNO2/c1-10-6-16(13(17)8-14(10)18)19-9-12-7-11-4-2-3-5-15(11)20-12/h2-6,8,12H,7,9,18H2,1H3. The van der Waals surface area contributed by atoms with Crippen LogP contribution in [0.2, 0.25) is 0 Å².